The average Bonchev–Trinajstić information content (AvgIpc) is 2.92. The summed E-state index contributed by atoms with van der Waals surface area (Å²) in [5, 5.41) is 7.86. The smallest absolute Gasteiger partial charge is 0.213 e. The van der Waals surface area contributed by atoms with Crippen LogP contribution in [-0.2, 0) is 6.54 Å². The maximum absolute atomic E-state index is 4.89. The van der Waals surface area contributed by atoms with E-state index in [9.17, 15) is 0 Å². The Kier molecular flexibility index (Phi) is 4.08. The molecule has 3 rings (SSSR count). The molecule has 1 N–H and O–H groups in total. The van der Waals surface area contributed by atoms with E-state index in [0.29, 0.717) is 17.5 Å². The highest BCUT2D eigenvalue weighted by molar-refractivity contribution is 5.01. The summed E-state index contributed by atoms with van der Waals surface area (Å²) in [5.41, 5.74) is 0.327. The number of aromatic nitrogens is 2. The van der Waals surface area contributed by atoms with Crippen LogP contribution in [0.3, 0.4) is 0 Å². The van der Waals surface area contributed by atoms with Crippen molar-refractivity contribution in [3.63, 3.8) is 0 Å². The highest BCUT2D eigenvalue weighted by Gasteiger charge is 2.40. The molecule has 1 aromatic rings. The van der Waals surface area contributed by atoms with Crippen LogP contribution < -0.4 is 5.32 Å². The van der Waals surface area contributed by atoms with Crippen LogP contribution in [0.4, 0.5) is 0 Å². The third kappa shape index (κ3) is 2.88. The van der Waals surface area contributed by atoms with E-state index in [0.717, 1.165) is 25.5 Å². The standard InChI is InChI=1S/C15H26N4O/c1-12(2)13-8-17-15(6-4-3-5-7-15)10-19(13)9-14-16-11-20-18-14/h11-13,17H,3-10H2,1-2H3. The molecule has 1 atom stereocenters. The fourth-order valence-corrected chi connectivity index (χ4v) is 3.85. The van der Waals surface area contributed by atoms with Crippen LogP contribution in [-0.4, -0.2) is 39.7 Å². The zero-order valence-electron chi connectivity index (χ0n) is 12.6. The van der Waals surface area contributed by atoms with Crippen molar-refractivity contribution in [2.75, 3.05) is 13.1 Å². The van der Waals surface area contributed by atoms with Gasteiger partial charge in [0, 0.05) is 24.7 Å². The molecule has 20 heavy (non-hydrogen) atoms. The Morgan fingerprint density at radius 1 is 1.40 bits per heavy atom. The van der Waals surface area contributed by atoms with Crippen molar-refractivity contribution in [3.8, 4) is 0 Å². The normalized spacial score (nSPS) is 27.2. The van der Waals surface area contributed by atoms with Gasteiger partial charge in [0.05, 0.1) is 6.54 Å². The van der Waals surface area contributed by atoms with Crippen LogP contribution in [0, 0.1) is 5.92 Å². The van der Waals surface area contributed by atoms with Gasteiger partial charge in [0.25, 0.3) is 0 Å². The first-order valence-corrected chi connectivity index (χ1v) is 7.93. The van der Waals surface area contributed by atoms with Crippen molar-refractivity contribution in [3.05, 3.63) is 12.2 Å². The Hall–Kier alpha value is -0.940. The van der Waals surface area contributed by atoms with Crippen molar-refractivity contribution >= 4 is 0 Å². The highest BCUT2D eigenvalue weighted by atomic mass is 16.5. The van der Waals surface area contributed by atoms with Crippen LogP contribution >= 0.6 is 0 Å². The molecule has 1 aliphatic heterocycles. The van der Waals surface area contributed by atoms with Crippen molar-refractivity contribution in [1.82, 2.24) is 20.4 Å². The first kappa shape index (κ1) is 14.0. The predicted octanol–water partition coefficient (Wildman–Crippen LogP) is 2.20. The van der Waals surface area contributed by atoms with Crippen molar-refractivity contribution in [1.29, 1.82) is 0 Å². The molecule has 1 saturated carbocycles. The Labute approximate surface area is 121 Å². The van der Waals surface area contributed by atoms with Gasteiger partial charge in [-0.3, -0.25) is 4.90 Å². The molecule has 2 aliphatic rings. The molecule has 112 valence electrons. The van der Waals surface area contributed by atoms with Gasteiger partial charge in [-0.1, -0.05) is 38.3 Å². The molecule has 0 aromatic carbocycles. The number of rotatable bonds is 3. The van der Waals surface area contributed by atoms with Gasteiger partial charge >= 0.3 is 0 Å². The summed E-state index contributed by atoms with van der Waals surface area (Å²) in [6, 6.07) is 0.557. The third-order valence-corrected chi connectivity index (χ3v) is 4.99. The molecule has 0 radical (unpaired) electrons. The van der Waals surface area contributed by atoms with Crippen molar-refractivity contribution in [2.24, 2.45) is 5.92 Å². The molecular formula is C15H26N4O. The van der Waals surface area contributed by atoms with E-state index < -0.39 is 0 Å². The minimum Gasteiger partial charge on any atom is -0.343 e. The van der Waals surface area contributed by atoms with Gasteiger partial charge in [0.2, 0.25) is 6.39 Å². The fraction of sp³-hybridized carbons (Fsp3) is 0.867. The van der Waals surface area contributed by atoms with Gasteiger partial charge < -0.3 is 9.84 Å². The Morgan fingerprint density at radius 3 is 2.85 bits per heavy atom. The lowest BCUT2D eigenvalue weighted by molar-refractivity contribution is 0.0288. The summed E-state index contributed by atoms with van der Waals surface area (Å²) >= 11 is 0. The monoisotopic (exact) mass is 278 g/mol. The lowest BCUT2D eigenvalue weighted by Gasteiger charge is -2.50. The molecule has 1 spiro atoms. The predicted molar refractivity (Wildman–Crippen MR) is 77.2 cm³/mol. The largest absolute Gasteiger partial charge is 0.343 e. The molecule has 0 bridgehead atoms. The second kappa shape index (κ2) is 5.82. The Bertz CT molecular complexity index is 412. The van der Waals surface area contributed by atoms with E-state index in [-0.39, 0.29) is 0 Å². The van der Waals surface area contributed by atoms with Gasteiger partial charge in [-0.15, -0.1) is 0 Å². The zero-order valence-corrected chi connectivity index (χ0v) is 12.6. The average molecular weight is 278 g/mol. The Morgan fingerprint density at radius 2 is 2.20 bits per heavy atom. The Balaban J connectivity index is 1.73. The van der Waals surface area contributed by atoms with E-state index in [1.54, 1.807) is 0 Å². The number of nitrogens with zero attached hydrogens (tertiary/aromatic N) is 3. The molecule has 5 heteroatoms. The molecular weight excluding hydrogens is 252 g/mol. The summed E-state index contributed by atoms with van der Waals surface area (Å²) in [6.45, 7) is 7.60. The number of hydrogen-bond donors (Lipinski definition) is 1. The first-order chi connectivity index (χ1) is 9.69. The lowest BCUT2D eigenvalue weighted by Crippen LogP contribution is -2.65. The van der Waals surface area contributed by atoms with Crippen molar-refractivity contribution in [2.45, 2.75) is 64.1 Å². The summed E-state index contributed by atoms with van der Waals surface area (Å²) in [5.74, 6) is 1.44. The number of piperazine rings is 1. The number of hydrogen-bond acceptors (Lipinski definition) is 5. The van der Waals surface area contributed by atoms with Gasteiger partial charge in [0.1, 0.15) is 0 Å². The van der Waals surface area contributed by atoms with Gasteiger partial charge in [-0.2, -0.15) is 4.98 Å². The van der Waals surface area contributed by atoms with Gasteiger partial charge in [-0.05, 0) is 18.8 Å². The maximum atomic E-state index is 4.89. The van der Waals surface area contributed by atoms with Gasteiger partial charge in [-0.25, -0.2) is 0 Å². The summed E-state index contributed by atoms with van der Waals surface area (Å²) in [4.78, 5) is 6.76. The van der Waals surface area contributed by atoms with Crippen molar-refractivity contribution < 1.29 is 4.52 Å². The van der Waals surface area contributed by atoms with E-state index >= 15 is 0 Å². The SMILES string of the molecule is CC(C)C1CNC2(CCCCC2)CN1Cc1ncon1. The molecule has 2 fully saturated rings. The second-order valence-corrected chi connectivity index (χ2v) is 6.79. The third-order valence-electron chi connectivity index (χ3n) is 4.99. The molecule has 1 aromatic heterocycles. The summed E-state index contributed by atoms with van der Waals surface area (Å²) < 4.78 is 4.89. The fourth-order valence-electron chi connectivity index (χ4n) is 3.85. The quantitative estimate of drug-likeness (QED) is 0.918. The zero-order chi connectivity index (χ0) is 14.0. The molecule has 0 amide bonds. The molecule has 1 unspecified atom stereocenters. The highest BCUT2D eigenvalue weighted by Crippen LogP contribution is 2.33. The van der Waals surface area contributed by atoms with Crippen LogP contribution in [0.25, 0.3) is 0 Å². The minimum absolute atomic E-state index is 0.327. The lowest BCUT2D eigenvalue weighted by atomic mass is 9.78. The second-order valence-electron chi connectivity index (χ2n) is 6.79. The van der Waals surface area contributed by atoms with Crippen LogP contribution in [0.15, 0.2) is 10.9 Å². The van der Waals surface area contributed by atoms with Gasteiger partial charge in [0.15, 0.2) is 5.82 Å². The number of nitrogens with one attached hydrogen (secondary N) is 1. The molecule has 2 heterocycles. The minimum atomic E-state index is 0.327. The van der Waals surface area contributed by atoms with E-state index in [1.165, 1.54) is 38.5 Å². The maximum Gasteiger partial charge on any atom is 0.213 e. The van der Waals surface area contributed by atoms with E-state index in [4.69, 9.17) is 4.52 Å². The topological polar surface area (TPSA) is 54.2 Å². The molecule has 1 aliphatic carbocycles. The molecule has 5 nitrogen and oxygen atoms in total. The summed E-state index contributed by atoms with van der Waals surface area (Å²) in [7, 11) is 0. The summed E-state index contributed by atoms with van der Waals surface area (Å²) in [6.07, 6.45) is 8.14. The van der Waals surface area contributed by atoms with E-state index in [1.807, 2.05) is 0 Å². The first-order valence-electron chi connectivity index (χ1n) is 7.93. The van der Waals surface area contributed by atoms with Crippen LogP contribution in [0.5, 0.6) is 0 Å². The van der Waals surface area contributed by atoms with E-state index in [2.05, 4.69) is 34.2 Å². The van der Waals surface area contributed by atoms with Crippen LogP contribution in [0.1, 0.15) is 51.8 Å². The molecule has 1 saturated heterocycles. The van der Waals surface area contributed by atoms with Crippen LogP contribution in [0.2, 0.25) is 0 Å².